The molecule has 0 amide bonds. The summed E-state index contributed by atoms with van der Waals surface area (Å²) < 4.78 is 61.9. The first kappa shape index (κ1) is 13.1. The zero-order valence-electron chi connectivity index (χ0n) is 9.01. The number of nitrogens with one attached hydrogen (secondary N) is 1. The number of halogens is 3. The fourth-order valence-corrected chi connectivity index (χ4v) is 2.71. The van der Waals surface area contributed by atoms with Crippen LogP contribution in [0.4, 0.5) is 19.1 Å². The van der Waals surface area contributed by atoms with Gasteiger partial charge in [-0.25, -0.2) is 13.1 Å². The number of aliphatic hydroxyl groups is 1. The average Bonchev–Trinajstić information content (AvgIpc) is 2.60. The molecule has 0 radical (unpaired) electrons. The van der Waals surface area contributed by atoms with Gasteiger partial charge in [0.15, 0.2) is 15.2 Å². The zero-order valence-corrected chi connectivity index (χ0v) is 9.83. The average molecular weight is 286 g/mol. The Morgan fingerprint density at radius 3 is 2.72 bits per heavy atom. The van der Waals surface area contributed by atoms with E-state index in [2.05, 4.69) is 10.1 Å². The highest BCUT2D eigenvalue weighted by molar-refractivity contribution is 7.90. The van der Waals surface area contributed by atoms with Gasteiger partial charge < -0.3 is 10.4 Å². The normalized spacial score (nSPS) is 28.6. The highest BCUT2D eigenvalue weighted by Crippen LogP contribution is 2.42. The lowest BCUT2D eigenvalue weighted by atomic mass is 10.1. The van der Waals surface area contributed by atoms with Gasteiger partial charge in [0, 0.05) is 12.7 Å². The Balaban J connectivity index is 2.54. The Bertz CT molecular complexity index is 569. The molecule has 11 heteroatoms. The van der Waals surface area contributed by atoms with Crippen molar-refractivity contribution in [2.45, 2.75) is 23.7 Å². The Kier molecular flexibility index (Phi) is 2.59. The van der Waals surface area contributed by atoms with Crippen LogP contribution in [0.25, 0.3) is 0 Å². The van der Waals surface area contributed by atoms with Crippen LogP contribution in [0.15, 0.2) is 6.33 Å². The van der Waals surface area contributed by atoms with Crippen LogP contribution < -0.4 is 5.32 Å². The van der Waals surface area contributed by atoms with Crippen molar-refractivity contribution in [3.63, 3.8) is 0 Å². The number of sulfone groups is 1. The lowest BCUT2D eigenvalue weighted by molar-refractivity contribution is -0.254. The quantitative estimate of drug-likeness (QED) is 0.747. The predicted molar refractivity (Wildman–Crippen MR) is 53.1 cm³/mol. The van der Waals surface area contributed by atoms with Crippen molar-refractivity contribution >= 4 is 15.8 Å². The van der Waals surface area contributed by atoms with E-state index in [0.717, 1.165) is 17.3 Å². The standard InChI is InChI=1S/C7H9F3N4O3S/c1-18(16,17)4-2-6(15,7(8,9)10)13-5-11-3-12-14(4)5/h3-4,15H,2H2,1H3,(H,11,12,13)/t4-,6-/m1/s1. The molecule has 0 unspecified atom stereocenters. The maximum Gasteiger partial charge on any atom is 0.436 e. The highest BCUT2D eigenvalue weighted by atomic mass is 32.2. The molecule has 18 heavy (non-hydrogen) atoms. The molecule has 1 aliphatic rings. The maximum atomic E-state index is 12.7. The van der Waals surface area contributed by atoms with Crippen LogP contribution in [0.1, 0.15) is 11.8 Å². The van der Waals surface area contributed by atoms with Crippen LogP contribution in [0.2, 0.25) is 0 Å². The molecule has 2 rings (SSSR count). The molecule has 102 valence electrons. The Hall–Kier alpha value is -1.36. The minimum absolute atomic E-state index is 0.448. The van der Waals surface area contributed by atoms with Crippen LogP contribution in [0.3, 0.4) is 0 Å². The minimum Gasteiger partial charge on any atom is -0.363 e. The molecule has 0 spiro atoms. The number of fused-ring (bicyclic) bond motifs is 1. The van der Waals surface area contributed by atoms with Gasteiger partial charge in [-0.2, -0.15) is 23.3 Å². The van der Waals surface area contributed by atoms with Crippen molar-refractivity contribution in [2.75, 3.05) is 11.6 Å². The summed E-state index contributed by atoms with van der Waals surface area (Å²) in [7, 11) is -3.88. The number of rotatable bonds is 1. The molecule has 2 heterocycles. The second-order valence-electron chi connectivity index (χ2n) is 4.00. The summed E-state index contributed by atoms with van der Waals surface area (Å²) in [5.41, 5.74) is -3.34. The van der Waals surface area contributed by atoms with Gasteiger partial charge in [-0.05, 0) is 0 Å². The van der Waals surface area contributed by atoms with E-state index in [4.69, 9.17) is 0 Å². The van der Waals surface area contributed by atoms with Crippen molar-refractivity contribution in [1.82, 2.24) is 14.8 Å². The van der Waals surface area contributed by atoms with Crippen LogP contribution in [0, 0.1) is 0 Å². The topological polar surface area (TPSA) is 97.1 Å². The Labute approximate surface area is 99.5 Å². The maximum absolute atomic E-state index is 12.7. The SMILES string of the molecule is CS(=O)(=O)[C@@H]1C[C@@](O)(C(F)(F)F)Nc2ncnn21. The van der Waals surface area contributed by atoms with E-state index in [0.29, 0.717) is 0 Å². The summed E-state index contributed by atoms with van der Waals surface area (Å²) >= 11 is 0. The van der Waals surface area contributed by atoms with Gasteiger partial charge in [-0.15, -0.1) is 0 Å². The van der Waals surface area contributed by atoms with Crippen LogP contribution in [-0.4, -0.2) is 46.4 Å². The number of hydrogen-bond donors (Lipinski definition) is 2. The first-order chi connectivity index (χ1) is 8.05. The summed E-state index contributed by atoms with van der Waals surface area (Å²) in [6.45, 7) is 0. The lowest BCUT2D eigenvalue weighted by Gasteiger charge is -2.37. The zero-order chi connectivity index (χ0) is 13.8. The molecule has 1 aliphatic heterocycles. The van der Waals surface area contributed by atoms with Crippen molar-refractivity contribution in [3.05, 3.63) is 6.33 Å². The molecule has 2 atom stereocenters. The fourth-order valence-electron chi connectivity index (χ4n) is 1.64. The fraction of sp³-hybridized carbons (Fsp3) is 0.714. The second-order valence-corrected chi connectivity index (χ2v) is 6.20. The van der Waals surface area contributed by atoms with Gasteiger partial charge in [0.05, 0.1) is 0 Å². The number of alkyl halides is 3. The molecule has 0 aliphatic carbocycles. The molecule has 0 saturated carbocycles. The molecular formula is C7H9F3N4O3S. The molecule has 1 aromatic rings. The number of hydrogen-bond acceptors (Lipinski definition) is 6. The Morgan fingerprint density at radius 2 is 2.22 bits per heavy atom. The van der Waals surface area contributed by atoms with Crippen molar-refractivity contribution in [1.29, 1.82) is 0 Å². The molecule has 0 bridgehead atoms. The lowest BCUT2D eigenvalue weighted by Crippen LogP contribution is -2.57. The molecular weight excluding hydrogens is 277 g/mol. The monoisotopic (exact) mass is 286 g/mol. The summed E-state index contributed by atoms with van der Waals surface area (Å²) in [6, 6.07) is 0. The van der Waals surface area contributed by atoms with E-state index in [1.807, 2.05) is 0 Å². The van der Waals surface area contributed by atoms with E-state index >= 15 is 0 Å². The van der Waals surface area contributed by atoms with Crippen LogP contribution in [0.5, 0.6) is 0 Å². The number of anilines is 1. The van der Waals surface area contributed by atoms with Crippen molar-refractivity contribution in [3.8, 4) is 0 Å². The number of nitrogens with zero attached hydrogens (tertiary/aromatic N) is 3. The third kappa shape index (κ3) is 1.92. The van der Waals surface area contributed by atoms with Crippen LogP contribution in [-0.2, 0) is 9.84 Å². The number of aromatic nitrogens is 3. The second kappa shape index (κ2) is 3.57. The predicted octanol–water partition coefficient (Wildman–Crippen LogP) is -0.112. The van der Waals surface area contributed by atoms with E-state index in [1.54, 1.807) is 5.32 Å². The first-order valence-electron chi connectivity index (χ1n) is 4.70. The van der Waals surface area contributed by atoms with E-state index in [9.17, 15) is 26.7 Å². The van der Waals surface area contributed by atoms with Gasteiger partial charge in [0.1, 0.15) is 6.33 Å². The Morgan fingerprint density at radius 1 is 1.61 bits per heavy atom. The van der Waals surface area contributed by atoms with Gasteiger partial charge >= 0.3 is 6.18 Å². The summed E-state index contributed by atoms with van der Waals surface area (Å²) in [6.07, 6.45) is -4.45. The van der Waals surface area contributed by atoms with Gasteiger partial charge in [0.25, 0.3) is 0 Å². The van der Waals surface area contributed by atoms with E-state index in [-0.39, 0.29) is 0 Å². The summed E-state index contributed by atoms with van der Waals surface area (Å²) in [5.74, 6) is -0.448. The van der Waals surface area contributed by atoms with E-state index in [1.165, 1.54) is 0 Å². The first-order valence-corrected chi connectivity index (χ1v) is 6.66. The molecule has 2 N–H and O–H groups in total. The third-order valence-electron chi connectivity index (χ3n) is 2.60. The molecule has 0 fully saturated rings. The third-order valence-corrected chi connectivity index (χ3v) is 3.95. The van der Waals surface area contributed by atoms with Crippen molar-refractivity contribution < 1.29 is 26.7 Å². The molecule has 7 nitrogen and oxygen atoms in total. The van der Waals surface area contributed by atoms with Gasteiger partial charge in [0.2, 0.25) is 11.7 Å². The largest absolute Gasteiger partial charge is 0.436 e. The van der Waals surface area contributed by atoms with E-state index < -0.39 is 39.5 Å². The molecule has 0 aromatic carbocycles. The minimum atomic E-state index is -5.03. The highest BCUT2D eigenvalue weighted by Gasteiger charge is 2.59. The van der Waals surface area contributed by atoms with Gasteiger partial charge in [-0.1, -0.05) is 0 Å². The summed E-state index contributed by atoms with van der Waals surface area (Å²) in [5, 5.41) is 13.2. The van der Waals surface area contributed by atoms with Crippen LogP contribution >= 0.6 is 0 Å². The van der Waals surface area contributed by atoms with Gasteiger partial charge in [-0.3, -0.25) is 0 Å². The van der Waals surface area contributed by atoms with Crippen molar-refractivity contribution in [2.24, 2.45) is 0 Å². The summed E-state index contributed by atoms with van der Waals surface area (Å²) in [4.78, 5) is 3.45. The molecule has 0 saturated heterocycles. The smallest absolute Gasteiger partial charge is 0.363 e. The molecule has 1 aromatic heterocycles.